The summed E-state index contributed by atoms with van der Waals surface area (Å²) in [6.07, 6.45) is 19.1. The van der Waals surface area contributed by atoms with Crippen LogP contribution in [0.2, 0.25) is 0 Å². The van der Waals surface area contributed by atoms with Gasteiger partial charge in [-0.25, -0.2) is 0 Å². The summed E-state index contributed by atoms with van der Waals surface area (Å²) in [4.78, 5) is 6.86. The Morgan fingerprint density at radius 1 is 0.886 bits per heavy atom. The van der Waals surface area contributed by atoms with E-state index in [9.17, 15) is 30.6 Å². The van der Waals surface area contributed by atoms with Crippen molar-refractivity contribution in [2.24, 2.45) is 23.5 Å². The quantitative estimate of drug-likeness (QED) is 0.0260. The van der Waals surface area contributed by atoms with Gasteiger partial charge in [-0.05, 0) is 152 Å². The van der Waals surface area contributed by atoms with Crippen molar-refractivity contribution in [1.82, 2.24) is 15.3 Å². The second kappa shape index (κ2) is 23.1. The SMILES string of the molecule is CC(O)CNC(CCCO)C1c2cc(C(O)COc3cc(CCc4cc(CO)c(CCCCCCC(N)CC5C=Cc6c(ccc7cc8[nH]ccc8cc67)C5O)o4)ccc3O)[nH]c2CCC2CCCC21. The highest BCUT2D eigenvalue weighted by atomic mass is 16.5. The van der Waals surface area contributed by atoms with E-state index in [2.05, 4.69) is 63.8 Å². The number of nitrogens with one attached hydrogen (secondary N) is 3. The van der Waals surface area contributed by atoms with Gasteiger partial charge in [0.05, 0.1) is 18.8 Å². The number of hydrogen-bond donors (Lipinski definition) is 10. The summed E-state index contributed by atoms with van der Waals surface area (Å²) in [5, 5.41) is 70.9. The summed E-state index contributed by atoms with van der Waals surface area (Å²) in [7, 11) is 0. The number of aryl methyl sites for hydroxylation is 4. The summed E-state index contributed by atoms with van der Waals surface area (Å²) >= 11 is 0. The molecule has 11 N–H and O–H groups in total. The molecule has 1 saturated carbocycles. The molecule has 12 heteroatoms. The summed E-state index contributed by atoms with van der Waals surface area (Å²) in [6.45, 7) is 2.28. The fourth-order valence-corrected chi connectivity index (χ4v) is 12.2. The maximum absolute atomic E-state index is 11.5. The highest BCUT2D eigenvalue weighted by Gasteiger charge is 2.42. The molecule has 0 radical (unpaired) electrons. The van der Waals surface area contributed by atoms with Gasteiger partial charge < -0.3 is 60.8 Å². The third kappa shape index (κ3) is 11.5. The van der Waals surface area contributed by atoms with Gasteiger partial charge in [0.1, 0.15) is 24.2 Å². The average molecular weight is 957 g/mol. The maximum atomic E-state index is 11.5. The second-order valence-corrected chi connectivity index (χ2v) is 20.9. The van der Waals surface area contributed by atoms with Crippen molar-refractivity contribution >= 4 is 27.8 Å². The van der Waals surface area contributed by atoms with E-state index in [0.29, 0.717) is 49.1 Å². The van der Waals surface area contributed by atoms with Gasteiger partial charge in [-0.15, -0.1) is 0 Å². The first-order chi connectivity index (χ1) is 34.1. The molecule has 3 aliphatic carbocycles. The third-order valence-corrected chi connectivity index (χ3v) is 15.9. The predicted molar refractivity (Wildman–Crippen MR) is 276 cm³/mol. The van der Waals surface area contributed by atoms with Crippen molar-refractivity contribution in [3.05, 3.63) is 124 Å². The fourth-order valence-electron chi connectivity index (χ4n) is 12.2. The number of ether oxygens (including phenoxy) is 1. The molecule has 1 fully saturated rings. The van der Waals surface area contributed by atoms with E-state index < -0.39 is 18.3 Å². The number of aromatic hydroxyl groups is 1. The van der Waals surface area contributed by atoms with Crippen molar-refractivity contribution in [2.75, 3.05) is 19.8 Å². The van der Waals surface area contributed by atoms with E-state index in [1.54, 1.807) is 13.0 Å². The zero-order chi connectivity index (χ0) is 48.7. The average Bonchev–Trinajstić information content (AvgIpc) is 4.18. The molecule has 376 valence electrons. The molecule has 70 heavy (non-hydrogen) atoms. The first-order valence-electron chi connectivity index (χ1n) is 26.3. The monoisotopic (exact) mass is 957 g/mol. The Balaban J connectivity index is 0.728. The largest absolute Gasteiger partial charge is 0.504 e. The summed E-state index contributed by atoms with van der Waals surface area (Å²) in [5.74, 6) is 3.28. The lowest BCUT2D eigenvalue weighted by molar-refractivity contribution is 0.103. The number of fused-ring (bicyclic) bond motifs is 6. The molecule has 6 aromatic rings. The first kappa shape index (κ1) is 50.0. The van der Waals surface area contributed by atoms with Crippen LogP contribution in [0.15, 0.2) is 77.4 Å². The zero-order valence-corrected chi connectivity index (χ0v) is 40.9. The van der Waals surface area contributed by atoms with E-state index in [1.807, 2.05) is 24.4 Å². The Bertz CT molecular complexity index is 2680. The van der Waals surface area contributed by atoms with E-state index in [-0.39, 0.29) is 49.5 Å². The molecule has 9 rings (SSSR count). The summed E-state index contributed by atoms with van der Waals surface area (Å²) in [6, 6.07) is 20.1. The molecule has 0 amide bonds. The zero-order valence-electron chi connectivity index (χ0n) is 40.9. The number of aliphatic hydroxyl groups excluding tert-OH is 5. The van der Waals surface area contributed by atoms with Crippen LogP contribution in [0.1, 0.15) is 153 Å². The molecular weight excluding hydrogens is 881 g/mol. The smallest absolute Gasteiger partial charge is 0.161 e. The third-order valence-electron chi connectivity index (χ3n) is 15.9. The minimum Gasteiger partial charge on any atom is -0.504 e. The Hall–Kier alpha value is -4.92. The van der Waals surface area contributed by atoms with Crippen molar-refractivity contribution < 1.29 is 39.8 Å². The molecule has 0 bridgehead atoms. The lowest BCUT2D eigenvalue weighted by Crippen LogP contribution is -2.42. The molecule has 12 nitrogen and oxygen atoms in total. The molecule has 0 spiro atoms. The van der Waals surface area contributed by atoms with E-state index >= 15 is 0 Å². The Labute approximate surface area is 412 Å². The number of aromatic amines is 2. The molecular formula is C58H76N4O8. The second-order valence-electron chi connectivity index (χ2n) is 20.9. The van der Waals surface area contributed by atoms with Crippen LogP contribution in [0.4, 0.5) is 0 Å². The van der Waals surface area contributed by atoms with Crippen LogP contribution in [-0.4, -0.2) is 78.6 Å². The minimum atomic E-state index is -0.940. The lowest BCUT2D eigenvalue weighted by atomic mass is 9.75. The predicted octanol–water partition coefficient (Wildman–Crippen LogP) is 9.48. The molecule has 0 saturated heterocycles. The molecule has 0 aliphatic heterocycles. The Morgan fingerprint density at radius 3 is 2.60 bits per heavy atom. The van der Waals surface area contributed by atoms with Gasteiger partial charge >= 0.3 is 0 Å². The van der Waals surface area contributed by atoms with Crippen LogP contribution >= 0.6 is 0 Å². The van der Waals surface area contributed by atoms with Crippen LogP contribution < -0.4 is 15.8 Å². The summed E-state index contributed by atoms with van der Waals surface area (Å²) in [5.41, 5.74) is 14.7. The van der Waals surface area contributed by atoms with Gasteiger partial charge in [-0.2, -0.15) is 0 Å². The van der Waals surface area contributed by atoms with Gasteiger partial charge in [0, 0.05) is 84.0 Å². The normalized spacial score (nSPS) is 21.6. The van der Waals surface area contributed by atoms with Gasteiger partial charge in [0.15, 0.2) is 11.5 Å². The highest BCUT2D eigenvalue weighted by Crippen LogP contribution is 2.50. The van der Waals surface area contributed by atoms with Crippen LogP contribution in [-0.2, 0) is 32.3 Å². The van der Waals surface area contributed by atoms with E-state index in [0.717, 1.165) is 132 Å². The van der Waals surface area contributed by atoms with Crippen molar-refractivity contribution in [1.29, 1.82) is 0 Å². The maximum Gasteiger partial charge on any atom is 0.161 e. The number of H-pyrrole nitrogens is 2. The summed E-state index contributed by atoms with van der Waals surface area (Å²) < 4.78 is 12.4. The molecule has 3 aromatic carbocycles. The van der Waals surface area contributed by atoms with Crippen molar-refractivity contribution in [3.8, 4) is 11.5 Å². The van der Waals surface area contributed by atoms with E-state index in [4.69, 9.17) is 14.9 Å². The highest BCUT2D eigenvalue weighted by molar-refractivity contribution is 6.01. The first-order valence-corrected chi connectivity index (χ1v) is 26.3. The lowest BCUT2D eigenvalue weighted by Gasteiger charge is -2.35. The van der Waals surface area contributed by atoms with E-state index in [1.165, 1.54) is 18.4 Å². The van der Waals surface area contributed by atoms with Crippen LogP contribution in [0.25, 0.3) is 27.8 Å². The van der Waals surface area contributed by atoms with Crippen LogP contribution in [0, 0.1) is 17.8 Å². The van der Waals surface area contributed by atoms with Crippen molar-refractivity contribution in [2.45, 2.75) is 153 Å². The number of furan rings is 1. The van der Waals surface area contributed by atoms with Gasteiger partial charge in [0.25, 0.3) is 0 Å². The van der Waals surface area contributed by atoms with Gasteiger partial charge in [0.2, 0.25) is 0 Å². The number of aromatic nitrogens is 2. The number of nitrogens with two attached hydrogens (primary N) is 1. The molecule has 3 aromatic heterocycles. The number of phenolic OH excluding ortho intramolecular Hbond substituents is 1. The fraction of sp³-hybridized carbons (Fsp3) is 0.517. The number of unbranched alkanes of at least 4 members (excludes halogenated alkanes) is 3. The number of aliphatic hydroxyl groups is 5. The molecule has 3 heterocycles. The van der Waals surface area contributed by atoms with Crippen molar-refractivity contribution in [3.63, 3.8) is 0 Å². The number of phenols is 1. The number of rotatable bonds is 24. The van der Waals surface area contributed by atoms with Gasteiger partial charge in [-0.1, -0.05) is 62.5 Å². The minimum absolute atomic E-state index is 0.00327. The number of benzene rings is 3. The topological polar surface area (TPSA) is 213 Å². The standard InChI is InChI=1S/C58H76N4O8/c1-35(65)32-61-50(11-7-25-63)57-44-10-6-8-37(44)17-21-49-48(57)31-52(62-49)54(67)34-69-56-26-36(14-22-53(56)66)13-18-43-28-41(33-64)55(70-43)12-5-3-2-4-9-42(59)27-40-16-19-45-46(58(40)68)20-15-38-30-51-39(23-24-60-51)29-47(38)45/h14-16,19-20,22-24,26,28-31,35,37,40,42,44,50,54,57-58,60-68H,2-13,17-18,21,25,27,32-34,59H2,1H3. The molecule has 3 aliphatic rings. The van der Waals surface area contributed by atoms with Crippen LogP contribution in [0.5, 0.6) is 11.5 Å². The molecule has 9 atom stereocenters. The molecule has 9 unspecified atom stereocenters. The Kier molecular flexibility index (Phi) is 16.5. The van der Waals surface area contributed by atoms with Gasteiger partial charge in [-0.3, -0.25) is 0 Å². The van der Waals surface area contributed by atoms with Crippen LogP contribution in [0.3, 0.4) is 0 Å². The Morgan fingerprint density at radius 2 is 1.76 bits per heavy atom. The number of hydrogen-bond acceptors (Lipinski definition) is 10.